The van der Waals surface area contributed by atoms with Crippen molar-refractivity contribution in [3.63, 3.8) is 0 Å². The van der Waals surface area contributed by atoms with Crippen LogP contribution < -0.4 is 5.73 Å². The second-order valence-corrected chi connectivity index (χ2v) is 0.408. The molecule has 0 saturated heterocycles. The first-order valence-corrected chi connectivity index (χ1v) is 2.12. The summed E-state index contributed by atoms with van der Waals surface area (Å²) in [6.45, 7) is 6.65. The topological polar surface area (TPSA) is 26.0 Å². The van der Waals surface area contributed by atoms with Gasteiger partial charge in [0.15, 0.2) is 0 Å². The summed E-state index contributed by atoms with van der Waals surface area (Å²) < 4.78 is 0. The van der Waals surface area contributed by atoms with Crippen molar-refractivity contribution in [1.29, 1.82) is 0 Å². The number of hydrogen-bond donors (Lipinski definition) is 1. The van der Waals surface area contributed by atoms with Crippen molar-refractivity contribution in [2.45, 2.75) is 20.8 Å². The molecule has 0 saturated carbocycles. The summed E-state index contributed by atoms with van der Waals surface area (Å²) in [7, 11) is 0. The van der Waals surface area contributed by atoms with Gasteiger partial charge < -0.3 is 5.73 Å². The van der Waals surface area contributed by atoms with Crippen LogP contribution in [0.3, 0.4) is 0 Å². The van der Waals surface area contributed by atoms with E-state index in [0.717, 1.165) is 6.54 Å². The van der Waals surface area contributed by atoms with Gasteiger partial charge in [0, 0.05) is 1.43 Å². The van der Waals surface area contributed by atoms with Crippen LogP contribution in [0.15, 0.2) is 0 Å². The Balaban J connectivity index is -0.0000000275. The smallest absolute Gasteiger partial charge is 0 e. The average Bonchev–Trinajstić information content (AvgIpc) is 1.46. The standard InChI is InChI=1S/C2H7N.C2H6.H2/c1-2-3;1-2;/h2-3H2,1H3;1-2H3;1H. The maximum atomic E-state index is 4.85. The molecule has 1 nitrogen and oxygen atoms in total. The molecule has 0 rings (SSSR count). The molecule has 0 heterocycles. The van der Waals surface area contributed by atoms with Crippen LogP contribution in [0.2, 0.25) is 0 Å². The van der Waals surface area contributed by atoms with Crippen LogP contribution in [0.5, 0.6) is 0 Å². The van der Waals surface area contributed by atoms with E-state index in [-0.39, 0.29) is 1.43 Å². The monoisotopic (exact) mass is 77.1 g/mol. The van der Waals surface area contributed by atoms with E-state index in [2.05, 4.69) is 0 Å². The summed E-state index contributed by atoms with van der Waals surface area (Å²) >= 11 is 0. The lowest BCUT2D eigenvalue weighted by Gasteiger charge is -1.53. The Labute approximate surface area is 35.7 Å². The van der Waals surface area contributed by atoms with Crippen LogP contribution in [0.4, 0.5) is 0 Å². The minimum atomic E-state index is 0. The Morgan fingerprint density at radius 2 is 1.60 bits per heavy atom. The zero-order chi connectivity index (χ0) is 4.71. The maximum Gasteiger partial charge on any atom is 0 e. The van der Waals surface area contributed by atoms with Gasteiger partial charge in [-0.15, -0.1) is 0 Å². The van der Waals surface area contributed by atoms with Crippen molar-refractivity contribution < 1.29 is 1.43 Å². The normalized spacial score (nSPS) is 4.80. The zero-order valence-corrected chi connectivity index (χ0v) is 4.28. The van der Waals surface area contributed by atoms with Crippen LogP contribution in [0.1, 0.15) is 22.2 Å². The fraction of sp³-hybridized carbons (Fsp3) is 1.00. The van der Waals surface area contributed by atoms with Crippen molar-refractivity contribution in [2.75, 3.05) is 6.54 Å². The van der Waals surface area contributed by atoms with E-state index >= 15 is 0 Å². The third kappa shape index (κ3) is 9510. The number of nitrogens with two attached hydrogens (primary N) is 1. The van der Waals surface area contributed by atoms with Crippen LogP contribution in [0.25, 0.3) is 0 Å². The van der Waals surface area contributed by atoms with Crippen molar-refractivity contribution in [3.8, 4) is 0 Å². The molecule has 2 N–H and O–H groups in total. The summed E-state index contributed by atoms with van der Waals surface area (Å²) in [6.07, 6.45) is 0. The molecule has 0 aromatic rings. The molecule has 5 heavy (non-hydrogen) atoms. The highest BCUT2D eigenvalue weighted by molar-refractivity contribution is 4.00. The molecular weight excluding hydrogens is 62.1 g/mol. The lowest BCUT2D eigenvalue weighted by molar-refractivity contribution is 1.14. The second kappa shape index (κ2) is 37.6. The van der Waals surface area contributed by atoms with Gasteiger partial charge in [-0.1, -0.05) is 20.8 Å². The van der Waals surface area contributed by atoms with Gasteiger partial charge in [0.1, 0.15) is 0 Å². The largest absolute Gasteiger partial charge is 0.331 e. The van der Waals surface area contributed by atoms with E-state index < -0.39 is 0 Å². The second-order valence-electron chi connectivity index (χ2n) is 0.408. The molecule has 0 aromatic carbocycles. The summed E-state index contributed by atoms with van der Waals surface area (Å²) in [6, 6.07) is 0. The molecule has 0 fully saturated rings. The van der Waals surface area contributed by atoms with Crippen LogP contribution in [-0.2, 0) is 0 Å². The van der Waals surface area contributed by atoms with Gasteiger partial charge in [-0.2, -0.15) is 0 Å². The molecule has 0 aliphatic carbocycles. The Morgan fingerprint density at radius 1 is 1.60 bits per heavy atom. The van der Waals surface area contributed by atoms with Crippen LogP contribution >= 0.6 is 0 Å². The van der Waals surface area contributed by atoms with Gasteiger partial charge >= 0.3 is 0 Å². The molecule has 0 aromatic heterocycles. The molecule has 1 heteroatoms. The fourth-order valence-corrected chi connectivity index (χ4v) is 0. The quantitative estimate of drug-likeness (QED) is 0.462. The van der Waals surface area contributed by atoms with Gasteiger partial charge in [0.25, 0.3) is 0 Å². The van der Waals surface area contributed by atoms with E-state index in [9.17, 15) is 0 Å². The molecule has 0 radical (unpaired) electrons. The van der Waals surface area contributed by atoms with E-state index in [1.54, 1.807) is 0 Å². The van der Waals surface area contributed by atoms with Gasteiger partial charge in [-0.3, -0.25) is 0 Å². The minimum Gasteiger partial charge on any atom is -0.331 e. The third-order valence-corrected chi connectivity index (χ3v) is 0. The maximum absolute atomic E-state index is 4.85. The Kier molecular flexibility index (Phi) is 66.8. The first-order chi connectivity index (χ1) is 2.41. The molecule has 0 aliphatic heterocycles. The molecule has 0 amide bonds. The summed E-state index contributed by atoms with van der Waals surface area (Å²) in [5, 5.41) is 0. The highest BCUT2D eigenvalue weighted by Crippen LogP contribution is 1.20. The van der Waals surface area contributed by atoms with Crippen molar-refractivity contribution in [2.24, 2.45) is 5.73 Å². The average molecular weight is 77.2 g/mol. The van der Waals surface area contributed by atoms with Gasteiger partial charge in [-0.05, 0) is 6.54 Å². The lowest BCUT2D eigenvalue weighted by Crippen LogP contribution is -1.87. The van der Waals surface area contributed by atoms with Crippen molar-refractivity contribution in [1.82, 2.24) is 0 Å². The van der Waals surface area contributed by atoms with E-state index in [1.807, 2.05) is 20.8 Å². The number of rotatable bonds is 0. The molecule has 0 bridgehead atoms. The molecular formula is C4H15N. The summed E-state index contributed by atoms with van der Waals surface area (Å²) in [4.78, 5) is 0. The SMILES string of the molecule is CC.CCN.[HH]. The summed E-state index contributed by atoms with van der Waals surface area (Å²) in [5.74, 6) is 0. The van der Waals surface area contributed by atoms with Gasteiger partial charge in [-0.25, -0.2) is 0 Å². The van der Waals surface area contributed by atoms with E-state index in [4.69, 9.17) is 5.73 Å². The van der Waals surface area contributed by atoms with Crippen molar-refractivity contribution in [3.05, 3.63) is 0 Å². The van der Waals surface area contributed by atoms with Crippen LogP contribution in [-0.4, -0.2) is 6.54 Å². The Morgan fingerprint density at radius 3 is 1.60 bits per heavy atom. The van der Waals surface area contributed by atoms with Gasteiger partial charge in [0.2, 0.25) is 0 Å². The highest BCUT2D eigenvalue weighted by atomic mass is 14.5. The predicted molar refractivity (Wildman–Crippen MR) is 28.2 cm³/mol. The predicted octanol–water partition coefficient (Wildman–Crippen LogP) is 1.24. The first kappa shape index (κ1) is 8.88. The van der Waals surface area contributed by atoms with Crippen LogP contribution in [0, 0.1) is 0 Å². The summed E-state index contributed by atoms with van der Waals surface area (Å²) in [5.41, 5.74) is 4.85. The van der Waals surface area contributed by atoms with E-state index in [1.165, 1.54) is 0 Å². The van der Waals surface area contributed by atoms with E-state index in [0.29, 0.717) is 0 Å². The first-order valence-electron chi connectivity index (χ1n) is 2.12. The minimum absolute atomic E-state index is 0. The lowest BCUT2D eigenvalue weighted by atomic mass is 10.8. The molecule has 0 unspecified atom stereocenters. The molecule has 0 aliphatic rings. The zero-order valence-electron chi connectivity index (χ0n) is 4.28. The number of hydrogen-bond acceptors (Lipinski definition) is 1. The fourth-order valence-electron chi connectivity index (χ4n) is 0. The molecule has 36 valence electrons. The van der Waals surface area contributed by atoms with Gasteiger partial charge in [0.05, 0.1) is 0 Å². The molecule has 0 atom stereocenters. The highest BCUT2D eigenvalue weighted by Gasteiger charge is 1.32. The Bertz CT molecular complexity index is 7.51. The molecule has 0 spiro atoms. The third-order valence-electron chi connectivity index (χ3n) is 0. The van der Waals surface area contributed by atoms with Crippen molar-refractivity contribution >= 4 is 0 Å². The Hall–Kier alpha value is -0.0400.